The average Bonchev–Trinajstić information content (AvgIpc) is 3.71. The van der Waals surface area contributed by atoms with Crippen LogP contribution in [0.4, 0.5) is 0 Å². The van der Waals surface area contributed by atoms with E-state index in [1.807, 2.05) is 0 Å². The van der Waals surface area contributed by atoms with Gasteiger partial charge in [0.15, 0.2) is 0 Å². The highest BCUT2D eigenvalue weighted by atomic mass is 16.5. The van der Waals surface area contributed by atoms with Crippen molar-refractivity contribution in [2.75, 3.05) is 79.7 Å². The number of methoxy groups -OCH3 is 2. The molecule has 0 atom stereocenters. The van der Waals surface area contributed by atoms with E-state index >= 15 is 0 Å². The monoisotopic (exact) mass is 752 g/mol. The van der Waals surface area contributed by atoms with Crippen molar-refractivity contribution in [1.82, 2.24) is 28.7 Å². The molecule has 0 aliphatic carbocycles. The smallest absolute Gasteiger partial charge is 0.119 e. The Balaban J connectivity index is 0.697. The van der Waals surface area contributed by atoms with E-state index in [2.05, 4.69) is 103 Å². The number of benzene rings is 4. The van der Waals surface area contributed by atoms with Gasteiger partial charge in [-0.2, -0.15) is 0 Å². The molecular weight excluding hydrogens is 693 g/mol. The first-order chi connectivity index (χ1) is 27.4. The highest BCUT2D eigenvalue weighted by Crippen LogP contribution is 2.39. The minimum absolute atomic E-state index is 0.909. The lowest BCUT2D eigenvalue weighted by molar-refractivity contribution is 0.0844. The highest BCUT2D eigenvalue weighted by molar-refractivity contribution is 6.11. The van der Waals surface area contributed by atoms with Gasteiger partial charge in [0.2, 0.25) is 0 Å². The molecule has 4 aliphatic rings. The van der Waals surface area contributed by atoms with E-state index in [9.17, 15) is 0 Å². The lowest BCUT2D eigenvalue weighted by Gasteiger charge is -2.41. The summed E-state index contributed by atoms with van der Waals surface area (Å²) >= 11 is 0. The van der Waals surface area contributed by atoms with Crippen LogP contribution < -0.4 is 9.47 Å². The Kier molecular flexibility index (Phi) is 9.73. The molecule has 0 N–H and O–H groups in total. The number of ether oxygens (including phenoxy) is 2. The van der Waals surface area contributed by atoms with Crippen molar-refractivity contribution < 1.29 is 9.47 Å². The van der Waals surface area contributed by atoms with Gasteiger partial charge in [0, 0.05) is 110 Å². The predicted molar refractivity (Wildman–Crippen MR) is 230 cm³/mol. The molecule has 294 valence electrons. The van der Waals surface area contributed by atoms with Crippen LogP contribution in [-0.4, -0.2) is 108 Å². The molecular formula is C48H60N6O2. The summed E-state index contributed by atoms with van der Waals surface area (Å²) in [6, 6.07) is 22.5. The fourth-order valence-corrected chi connectivity index (χ4v) is 11.3. The van der Waals surface area contributed by atoms with E-state index in [-0.39, 0.29) is 0 Å². The minimum atomic E-state index is 0.909. The number of fused-ring (bicyclic) bond motifs is 10. The molecule has 4 aliphatic heterocycles. The molecule has 10 rings (SSSR count). The van der Waals surface area contributed by atoms with Gasteiger partial charge in [0.05, 0.1) is 14.2 Å². The Morgan fingerprint density at radius 1 is 0.482 bits per heavy atom. The molecule has 0 unspecified atom stereocenters. The number of aryl methyl sites for hydroxylation is 2. The van der Waals surface area contributed by atoms with Crippen molar-refractivity contribution >= 4 is 43.6 Å². The van der Waals surface area contributed by atoms with Crippen LogP contribution in [0.25, 0.3) is 43.6 Å². The second-order valence-corrected chi connectivity index (χ2v) is 17.5. The van der Waals surface area contributed by atoms with Crippen LogP contribution >= 0.6 is 0 Å². The number of hydrogen-bond acceptors (Lipinski definition) is 6. The van der Waals surface area contributed by atoms with Gasteiger partial charge < -0.3 is 28.4 Å². The zero-order valence-electron chi connectivity index (χ0n) is 34.2. The maximum Gasteiger partial charge on any atom is 0.119 e. The van der Waals surface area contributed by atoms with Gasteiger partial charge in [0.1, 0.15) is 11.5 Å². The van der Waals surface area contributed by atoms with E-state index in [4.69, 9.17) is 9.47 Å². The summed E-state index contributed by atoms with van der Waals surface area (Å²) in [6.45, 7) is 14.2. The summed E-state index contributed by atoms with van der Waals surface area (Å²) in [5.74, 6) is 3.70. The molecule has 6 aromatic rings. The van der Waals surface area contributed by atoms with Crippen LogP contribution in [0.2, 0.25) is 0 Å². The largest absolute Gasteiger partial charge is 0.497 e. The molecule has 56 heavy (non-hydrogen) atoms. The first kappa shape index (κ1) is 36.3. The van der Waals surface area contributed by atoms with Crippen LogP contribution in [0.5, 0.6) is 11.5 Å². The Bertz CT molecular complexity index is 2230. The lowest BCUT2D eigenvalue weighted by Crippen LogP contribution is -2.45. The summed E-state index contributed by atoms with van der Waals surface area (Å²) < 4.78 is 16.0. The molecule has 0 amide bonds. The van der Waals surface area contributed by atoms with Crippen molar-refractivity contribution in [3.05, 3.63) is 82.9 Å². The highest BCUT2D eigenvalue weighted by Gasteiger charge is 2.31. The van der Waals surface area contributed by atoms with Crippen molar-refractivity contribution in [2.24, 2.45) is 25.9 Å². The summed E-state index contributed by atoms with van der Waals surface area (Å²) in [5, 5.41) is 5.51. The van der Waals surface area contributed by atoms with Gasteiger partial charge in [-0.1, -0.05) is 12.1 Å². The van der Waals surface area contributed by atoms with Gasteiger partial charge in [-0.05, 0) is 147 Å². The quantitative estimate of drug-likeness (QED) is 0.150. The van der Waals surface area contributed by atoms with E-state index in [0.29, 0.717) is 0 Å². The zero-order chi connectivity index (χ0) is 37.9. The number of aromatic nitrogens is 2. The van der Waals surface area contributed by atoms with Crippen LogP contribution in [0.15, 0.2) is 60.7 Å². The molecule has 0 radical (unpaired) electrons. The number of hydrogen-bond donors (Lipinski definition) is 0. The molecule has 8 heteroatoms. The van der Waals surface area contributed by atoms with E-state index in [1.165, 1.54) is 131 Å². The van der Waals surface area contributed by atoms with Crippen LogP contribution in [-0.2, 0) is 40.0 Å². The van der Waals surface area contributed by atoms with E-state index in [0.717, 1.165) is 75.4 Å². The van der Waals surface area contributed by atoms with Crippen molar-refractivity contribution in [3.8, 4) is 11.5 Å². The summed E-state index contributed by atoms with van der Waals surface area (Å²) in [7, 11) is 7.95. The Labute approximate surface area is 332 Å². The topological polar surface area (TPSA) is 41.3 Å². The fourth-order valence-electron chi connectivity index (χ4n) is 11.3. The molecule has 2 fully saturated rings. The molecule has 2 aromatic heterocycles. The molecule has 4 aromatic carbocycles. The van der Waals surface area contributed by atoms with E-state index in [1.54, 1.807) is 14.2 Å². The summed E-state index contributed by atoms with van der Waals surface area (Å²) in [5.41, 5.74) is 11.3. The maximum absolute atomic E-state index is 5.63. The molecule has 0 saturated carbocycles. The first-order valence-electron chi connectivity index (χ1n) is 21.5. The minimum Gasteiger partial charge on any atom is -0.497 e. The molecule has 0 bridgehead atoms. The number of rotatable bonds is 9. The third kappa shape index (κ3) is 6.47. The molecule has 2 saturated heterocycles. The van der Waals surface area contributed by atoms with Crippen molar-refractivity contribution in [1.29, 1.82) is 0 Å². The van der Waals surface area contributed by atoms with Crippen molar-refractivity contribution in [3.63, 3.8) is 0 Å². The molecule has 0 spiro atoms. The van der Waals surface area contributed by atoms with Crippen LogP contribution in [0.3, 0.4) is 0 Å². The standard InChI is InChI=1S/C48H60N6O2/c1-49-43-11-7-37(55-3)29-39(43)47-41-31-53(23-17-35(41)5-9-45(47)49)27-25-51-19-13-33(14-20-51)34-15-21-52(22-16-34)26-28-54-24-18-36-6-10-46-48(42(36)32-54)40-30-38(56-4)8-12-44(40)50(46)2/h5-12,29-30,33-34H,13-28,31-32H2,1-4H3. The third-order valence-electron chi connectivity index (χ3n) is 14.7. The second-order valence-electron chi connectivity index (χ2n) is 17.5. The summed E-state index contributed by atoms with van der Waals surface area (Å²) in [6.07, 6.45) is 7.81. The molecule has 6 heterocycles. The van der Waals surface area contributed by atoms with E-state index < -0.39 is 0 Å². The van der Waals surface area contributed by atoms with Crippen LogP contribution in [0, 0.1) is 11.8 Å². The number of piperidine rings is 2. The number of likely N-dealkylation sites (tertiary alicyclic amines) is 2. The average molecular weight is 753 g/mol. The van der Waals surface area contributed by atoms with Crippen LogP contribution in [0.1, 0.15) is 47.9 Å². The third-order valence-corrected chi connectivity index (χ3v) is 14.7. The number of nitrogens with zero attached hydrogens (tertiary/aromatic N) is 6. The second kappa shape index (κ2) is 15.0. The van der Waals surface area contributed by atoms with Gasteiger partial charge >= 0.3 is 0 Å². The SMILES string of the molecule is COc1ccc2c(c1)c1c3c(ccc1n2C)CCN(CCN1CCC(C2CCN(CCN4CCc5ccc6c(c5C4)c4cc(OC)ccc4n6C)CC2)CC1)C3. The maximum atomic E-state index is 5.63. The Morgan fingerprint density at radius 3 is 1.29 bits per heavy atom. The fraction of sp³-hybridized carbons (Fsp3) is 0.500. The Hall–Kier alpha value is -4.08. The zero-order valence-corrected chi connectivity index (χ0v) is 34.2. The van der Waals surface area contributed by atoms with Gasteiger partial charge in [-0.15, -0.1) is 0 Å². The lowest BCUT2D eigenvalue weighted by atomic mass is 9.79. The van der Waals surface area contributed by atoms with Crippen molar-refractivity contribution in [2.45, 2.75) is 51.6 Å². The van der Waals surface area contributed by atoms with Gasteiger partial charge in [0.25, 0.3) is 0 Å². The van der Waals surface area contributed by atoms with Gasteiger partial charge in [-0.25, -0.2) is 0 Å². The Morgan fingerprint density at radius 2 is 0.875 bits per heavy atom. The summed E-state index contributed by atoms with van der Waals surface area (Å²) in [4.78, 5) is 11.0. The normalized spacial score (nSPS) is 19.7. The van der Waals surface area contributed by atoms with Gasteiger partial charge in [-0.3, -0.25) is 9.80 Å². The first-order valence-corrected chi connectivity index (χ1v) is 21.5. The predicted octanol–water partition coefficient (Wildman–Crippen LogP) is 7.83. The molecule has 8 nitrogen and oxygen atoms in total.